The first-order chi connectivity index (χ1) is 37.3. The number of carbonyl (C=O) groups is 4. The van der Waals surface area contributed by atoms with Crippen LogP contribution < -0.4 is 36.4 Å². The monoisotopic (exact) mass is 1080 g/mol. The number of hydrogen-bond donors (Lipinski definition) is 5. The van der Waals surface area contributed by atoms with E-state index in [2.05, 4.69) is 56.3 Å². The van der Waals surface area contributed by atoms with Gasteiger partial charge in [0, 0.05) is 73.1 Å². The van der Waals surface area contributed by atoms with Crippen LogP contribution in [-0.4, -0.2) is 82.8 Å². The van der Waals surface area contributed by atoms with Crippen molar-refractivity contribution in [2.24, 2.45) is 0 Å². The van der Waals surface area contributed by atoms with E-state index in [0.717, 1.165) is 113 Å². The maximum absolute atomic E-state index is 14.7. The molecule has 2 aliphatic rings. The number of fused-ring (bicyclic) bond motifs is 2. The average molecular weight is 1080 g/mol. The lowest BCUT2D eigenvalue weighted by Crippen LogP contribution is -2.43. The summed E-state index contributed by atoms with van der Waals surface area (Å²) < 4.78 is 107. The molecule has 15 nitrogen and oxygen atoms in total. The first-order valence-corrected chi connectivity index (χ1v) is 24.3. The predicted molar refractivity (Wildman–Crippen MR) is 278 cm³/mol. The highest BCUT2D eigenvalue weighted by molar-refractivity contribution is 6.12. The molecular weight excluding hydrogens is 1030 g/mol. The van der Waals surface area contributed by atoms with Gasteiger partial charge in [0.1, 0.15) is 23.3 Å². The van der Waals surface area contributed by atoms with Gasteiger partial charge in [0.25, 0.3) is 0 Å². The van der Waals surface area contributed by atoms with Crippen LogP contribution in [0.2, 0.25) is 0 Å². The van der Waals surface area contributed by atoms with E-state index in [1.165, 1.54) is 55.0 Å². The molecule has 0 aliphatic carbocycles. The highest BCUT2D eigenvalue weighted by Gasteiger charge is 2.32. The molecule has 5 N–H and O–H groups in total. The van der Waals surface area contributed by atoms with Crippen molar-refractivity contribution in [2.45, 2.75) is 31.6 Å². The molecule has 10 rings (SSSR count). The van der Waals surface area contributed by atoms with Gasteiger partial charge >= 0.3 is 24.4 Å². The molecule has 6 aromatic carbocycles. The molecule has 0 atom stereocenters. The van der Waals surface area contributed by atoms with E-state index in [1.54, 1.807) is 30.6 Å². The van der Waals surface area contributed by atoms with Crippen molar-refractivity contribution in [3.8, 4) is 0 Å². The number of nitrogens with one attached hydrogen (secondary N) is 5. The third-order valence-corrected chi connectivity index (χ3v) is 12.5. The average Bonchev–Trinajstić information content (AvgIpc) is 3.48. The van der Waals surface area contributed by atoms with Crippen LogP contribution in [0.4, 0.5) is 79.1 Å². The van der Waals surface area contributed by atoms with Crippen LogP contribution in [0.15, 0.2) is 134 Å². The summed E-state index contributed by atoms with van der Waals surface area (Å²) in [5.74, 6) is -1.46. The van der Waals surface area contributed by atoms with Gasteiger partial charge < -0.3 is 36.4 Å². The van der Waals surface area contributed by atoms with E-state index < -0.39 is 58.7 Å². The summed E-state index contributed by atoms with van der Waals surface area (Å²) in [6.07, 6.45) is -2.45. The van der Waals surface area contributed by atoms with Crippen molar-refractivity contribution in [3.63, 3.8) is 0 Å². The molecule has 2 aromatic heterocycles. The number of piperidine rings is 1. The number of aromatic nitrogens is 4. The van der Waals surface area contributed by atoms with Gasteiger partial charge in [-0.15, -0.1) is 0 Å². The molecule has 0 saturated carbocycles. The quantitative estimate of drug-likeness (QED) is 0.0648. The molecule has 2 aliphatic heterocycles. The SMILES string of the molecule is O=C(Nc1cccc(C(F)(F)F)c1)Nc1ccc(F)c(C(=O)c2ccc3ncc(N4CCCCC4)nc3c2)c1.O=C(Nc1cccc(C(F)(F)F)c1)Nc1ccc(F)c(C(=O)c2ccc3ncc(N4CCNCC4)nc3c2)c1. The predicted octanol–water partition coefficient (Wildman–Crippen LogP) is 11.7. The van der Waals surface area contributed by atoms with Crippen molar-refractivity contribution in [1.82, 2.24) is 25.3 Å². The van der Waals surface area contributed by atoms with Crippen LogP contribution in [0, 0.1) is 11.6 Å². The fourth-order valence-corrected chi connectivity index (χ4v) is 8.61. The number of alkyl halides is 6. The third kappa shape index (κ3) is 13.1. The van der Waals surface area contributed by atoms with E-state index in [4.69, 9.17) is 0 Å². The highest BCUT2D eigenvalue weighted by Crippen LogP contribution is 2.33. The van der Waals surface area contributed by atoms with E-state index in [-0.39, 0.29) is 45.0 Å². The lowest BCUT2D eigenvalue weighted by Gasteiger charge is -2.28. The molecule has 8 aromatic rings. The summed E-state index contributed by atoms with van der Waals surface area (Å²) >= 11 is 0. The number of anilines is 6. The van der Waals surface area contributed by atoms with Crippen LogP contribution in [0.1, 0.15) is 62.2 Å². The Hall–Kier alpha value is -9.12. The Bertz CT molecular complexity index is 3340. The number of nitrogens with zero attached hydrogens (tertiary/aromatic N) is 6. The van der Waals surface area contributed by atoms with Gasteiger partial charge in [-0.25, -0.2) is 28.3 Å². The van der Waals surface area contributed by atoms with Gasteiger partial charge in [0.2, 0.25) is 0 Å². The second-order valence-electron chi connectivity index (χ2n) is 18.0. The lowest BCUT2D eigenvalue weighted by molar-refractivity contribution is -0.138. The summed E-state index contributed by atoms with van der Waals surface area (Å²) in [5, 5.41) is 12.7. The normalized spacial score (nSPS) is 13.8. The minimum atomic E-state index is -4.57. The Morgan fingerprint density at radius 1 is 0.462 bits per heavy atom. The minimum absolute atomic E-state index is 0.0748. The topological polar surface area (TPSA) is 186 Å². The Morgan fingerprint density at radius 2 is 0.872 bits per heavy atom. The van der Waals surface area contributed by atoms with Gasteiger partial charge in [-0.05, 0) is 128 Å². The summed E-state index contributed by atoms with van der Waals surface area (Å²) in [4.78, 5) is 73.6. The number of benzene rings is 6. The molecule has 0 spiro atoms. The molecule has 0 radical (unpaired) electrons. The molecule has 4 heterocycles. The maximum atomic E-state index is 14.7. The molecule has 4 amide bonds. The van der Waals surface area contributed by atoms with Gasteiger partial charge in [0.15, 0.2) is 11.6 Å². The minimum Gasteiger partial charge on any atom is -0.355 e. The number of amides is 4. The summed E-state index contributed by atoms with van der Waals surface area (Å²) in [6.45, 7) is 4.94. The lowest BCUT2D eigenvalue weighted by atomic mass is 10.0. The summed E-state index contributed by atoms with van der Waals surface area (Å²) in [6, 6.07) is 22.8. The Labute approximate surface area is 439 Å². The number of halogens is 8. The third-order valence-electron chi connectivity index (χ3n) is 12.5. The molecule has 0 bridgehead atoms. The summed E-state index contributed by atoms with van der Waals surface area (Å²) in [5.41, 5.74) is 0.0871. The molecule has 78 heavy (non-hydrogen) atoms. The smallest absolute Gasteiger partial charge is 0.355 e. The van der Waals surface area contributed by atoms with Crippen molar-refractivity contribution in [2.75, 3.05) is 70.3 Å². The largest absolute Gasteiger partial charge is 0.416 e. The first-order valence-electron chi connectivity index (χ1n) is 24.3. The fourth-order valence-electron chi connectivity index (χ4n) is 8.61. The van der Waals surface area contributed by atoms with E-state index >= 15 is 0 Å². The highest BCUT2D eigenvalue weighted by atomic mass is 19.4. The van der Waals surface area contributed by atoms with Crippen molar-refractivity contribution < 1.29 is 54.3 Å². The molecule has 23 heteroatoms. The van der Waals surface area contributed by atoms with Crippen molar-refractivity contribution >= 4 is 80.1 Å². The van der Waals surface area contributed by atoms with Crippen molar-refractivity contribution in [3.05, 3.63) is 179 Å². The standard InChI is InChI=1S/C28H23F4N5O2.C27H22F4N6O2/c29-22-9-8-20(35-27(39)34-19-6-4-5-18(14-19)28(30,31)32)15-21(22)26(38)17-7-10-23-24(13-17)36-25(16-33-23)37-11-2-1-3-12-37;28-21-6-5-19(35-26(39)34-18-3-1-2-17(13-18)27(29,30)31)14-20(21)25(38)16-4-7-22-23(12-16)36-24(15-33-22)37-10-8-32-9-11-37/h4-10,13-16H,1-3,11-12H2,(H2,34,35,39);1-7,12-15,32H,8-11H2,(H2,34,35,39). The number of carbonyl (C=O) groups excluding carboxylic acids is 4. The van der Waals surface area contributed by atoms with Gasteiger partial charge in [-0.1, -0.05) is 12.1 Å². The molecule has 2 fully saturated rings. The molecule has 0 unspecified atom stereocenters. The van der Waals surface area contributed by atoms with Crippen LogP contribution in [0.25, 0.3) is 22.1 Å². The fraction of sp³-hybridized carbons (Fsp3) is 0.200. The zero-order chi connectivity index (χ0) is 55.1. The Kier molecular flexibility index (Phi) is 15.8. The van der Waals surface area contributed by atoms with E-state index in [0.29, 0.717) is 27.9 Å². The number of urea groups is 2. The van der Waals surface area contributed by atoms with Crippen LogP contribution in [-0.2, 0) is 12.4 Å². The number of piperazine rings is 1. The van der Waals surface area contributed by atoms with Crippen molar-refractivity contribution in [1.29, 1.82) is 0 Å². The Balaban J connectivity index is 0.000000190. The second kappa shape index (κ2) is 23.0. The first kappa shape index (κ1) is 53.7. The Morgan fingerprint density at radius 3 is 1.29 bits per heavy atom. The number of hydrogen-bond acceptors (Lipinski definition) is 11. The van der Waals surface area contributed by atoms with Crippen LogP contribution >= 0.6 is 0 Å². The van der Waals surface area contributed by atoms with Crippen LogP contribution in [0.5, 0.6) is 0 Å². The maximum Gasteiger partial charge on any atom is 0.416 e. The molecular formula is C55H45F8N11O4. The van der Waals surface area contributed by atoms with E-state index in [1.807, 2.05) is 0 Å². The van der Waals surface area contributed by atoms with Crippen LogP contribution in [0.3, 0.4) is 0 Å². The van der Waals surface area contributed by atoms with E-state index in [9.17, 15) is 54.3 Å². The second-order valence-corrected chi connectivity index (χ2v) is 18.0. The van der Waals surface area contributed by atoms with Gasteiger partial charge in [-0.2, -0.15) is 26.3 Å². The number of rotatable bonds is 10. The molecule has 400 valence electrons. The molecule has 2 saturated heterocycles. The van der Waals surface area contributed by atoms with Gasteiger partial charge in [-0.3, -0.25) is 19.6 Å². The number of ketones is 2. The zero-order valence-corrected chi connectivity index (χ0v) is 40.9. The zero-order valence-electron chi connectivity index (χ0n) is 40.9. The summed E-state index contributed by atoms with van der Waals surface area (Å²) in [7, 11) is 0. The van der Waals surface area contributed by atoms with Gasteiger partial charge in [0.05, 0.1) is 56.7 Å².